The van der Waals surface area contributed by atoms with E-state index in [4.69, 9.17) is 20.4 Å². The number of ether oxygens (including phenoxy) is 1. The third kappa shape index (κ3) is 4.80. The molecule has 0 heterocycles. The Kier molecular flexibility index (Phi) is 5.86. The molecule has 0 aliphatic rings. The number of rotatable bonds is 6. The van der Waals surface area contributed by atoms with Crippen molar-refractivity contribution in [2.24, 2.45) is 0 Å². The first-order valence-corrected chi connectivity index (χ1v) is 4.01. The Morgan fingerprint density at radius 2 is 2.07 bits per heavy atom. The van der Waals surface area contributed by atoms with E-state index < -0.39 is 24.8 Å². The van der Waals surface area contributed by atoms with Crippen LogP contribution >= 0.6 is 0 Å². The molecule has 6 nitrogen and oxygen atoms in total. The largest absolute Gasteiger partial charge is 0.498 e. The van der Waals surface area contributed by atoms with Gasteiger partial charge in [-0.25, -0.2) is 4.79 Å². The molecule has 0 aromatic carbocycles. The number of carbonyl (C=O) groups is 1. The standard InChI is InChI=1S/C8H14O6/c1-5(10)7(8(12)13)4-14-3-6(11)2-9/h4-6,9-11H,2-3H2,1H3,(H,12,13). The fourth-order valence-electron chi connectivity index (χ4n) is 0.629. The summed E-state index contributed by atoms with van der Waals surface area (Å²) in [5.74, 6) is -1.29. The van der Waals surface area contributed by atoms with Gasteiger partial charge in [-0.15, -0.1) is 0 Å². The monoisotopic (exact) mass is 206 g/mol. The molecule has 0 fully saturated rings. The molecule has 14 heavy (non-hydrogen) atoms. The Morgan fingerprint density at radius 1 is 1.50 bits per heavy atom. The van der Waals surface area contributed by atoms with Crippen molar-refractivity contribution in [1.82, 2.24) is 0 Å². The molecular weight excluding hydrogens is 192 g/mol. The van der Waals surface area contributed by atoms with Crippen molar-refractivity contribution in [3.63, 3.8) is 0 Å². The third-order valence-electron chi connectivity index (χ3n) is 1.41. The predicted molar refractivity (Wildman–Crippen MR) is 46.4 cm³/mol. The maximum absolute atomic E-state index is 10.5. The van der Waals surface area contributed by atoms with E-state index >= 15 is 0 Å². The highest BCUT2D eigenvalue weighted by molar-refractivity contribution is 5.87. The van der Waals surface area contributed by atoms with Crippen molar-refractivity contribution in [1.29, 1.82) is 0 Å². The Bertz CT molecular complexity index is 210. The fourth-order valence-corrected chi connectivity index (χ4v) is 0.629. The van der Waals surface area contributed by atoms with Gasteiger partial charge in [0.05, 0.1) is 24.5 Å². The van der Waals surface area contributed by atoms with Gasteiger partial charge in [-0.1, -0.05) is 0 Å². The van der Waals surface area contributed by atoms with E-state index in [-0.39, 0.29) is 12.2 Å². The summed E-state index contributed by atoms with van der Waals surface area (Å²) in [5.41, 5.74) is -0.310. The average molecular weight is 206 g/mol. The van der Waals surface area contributed by atoms with E-state index in [1.54, 1.807) is 0 Å². The van der Waals surface area contributed by atoms with Crippen LogP contribution in [0, 0.1) is 0 Å². The molecule has 0 saturated heterocycles. The number of carboxylic acids is 1. The lowest BCUT2D eigenvalue weighted by Crippen LogP contribution is -2.19. The highest BCUT2D eigenvalue weighted by Crippen LogP contribution is 2.02. The molecule has 2 atom stereocenters. The van der Waals surface area contributed by atoms with Gasteiger partial charge in [0.1, 0.15) is 12.7 Å². The summed E-state index contributed by atoms with van der Waals surface area (Å²) in [4.78, 5) is 10.5. The number of aliphatic hydroxyl groups is 3. The fraction of sp³-hybridized carbons (Fsp3) is 0.625. The summed E-state index contributed by atoms with van der Waals surface area (Å²) in [7, 11) is 0. The maximum Gasteiger partial charge on any atom is 0.337 e. The van der Waals surface area contributed by atoms with E-state index in [0.717, 1.165) is 6.26 Å². The first-order chi connectivity index (χ1) is 6.49. The van der Waals surface area contributed by atoms with Crippen LogP contribution < -0.4 is 0 Å². The second-order valence-electron chi connectivity index (χ2n) is 2.72. The summed E-state index contributed by atoms with van der Waals surface area (Å²) in [6.45, 7) is 0.594. The van der Waals surface area contributed by atoms with Crippen LogP contribution in [-0.4, -0.2) is 51.8 Å². The Labute approximate surface area is 81.1 Å². The zero-order chi connectivity index (χ0) is 11.1. The van der Waals surface area contributed by atoms with Gasteiger partial charge >= 0.3 is 5.97 Å². The van der Waals surface area contributed by atoms with Crippen molar-refractivity contribution in [2.75, 3.05) is 13.2 Å². The molecule has 0 aliphatic carbocycles. The molecule has 0 saturated carbocycles. The van der Waals surface area contributed by atoms with E-state index in [0.29, 0.717) is 0 Å². The highest BCUT2D eigenvalue weighted by atomic mass is 16.5. The van der Waals surface area contributed by atoms with Crippen LogP contribution in [0.15, 0.2) is 11.8 Å². The van der Waals surface area contributed by atoms with E-state index in [2.05, 4.69) is 4.74 Å². The quantitative estimate of drug-likeness (QED) is 0.318. The molecule has 0 aliphatic heterocycles. The molecule has 0 aromatic heterocycles. The maximum atomic E-state index is 10.5. The molecule has 0 rings (SSSR count). The molecule has 6 heteroatoms. The van der Waals surface area contributed by atoms with Crippen LogP contribution in [0.3, 0.4) is 0 Å². The second kappa shape index (κ2) is 6.36. The van der Waals surface area contributed by atoms with Gasteiger partial charge in [0, 0.05) is 0 Å². The highest BCUT2D eigenvalue weighted by Gasteiger charge is 2.14. The number of hydrogen-bond donors (Lipinski definition) is 4. The summed E-state index contributed by atoms with van der Waals surface area (Å²) in [5, 5.41) is 34.7. The zero-order valence-electron chi connectivity index (χ0n) is 7.75. The van der Waals surface area contributed by atoms with E-state index in [1.807, 2.05) is 0 Å². The summed E-state index contributed by atoms with van der Waals surface area (Å²) in [6, 6.07) is 0. The van der Waals surface area contributed by atoms with E-state index in [9.17, 15) is 4.79 Å². The number of hydrogen-bond acceptors (Lipinski definition) is 5. The minimum atomic E-state index is -1.29. The molecule has 0 radical (unpaired) electrons. The topological polar surface area (TPSA) is 107 Å². The number of carboxylic acid groups (broad SMARTS) is 1. The van der Waals surface area contributed by atoms with Gasteiger partial charge < -0.3 is 25.2 Å². The molecule has 0 aromatic rings. The lowest BCUT2D eigenvalue weighted by atomic mass is 10.2. The summed E-state index contributed by atoms with van der Waals surface area (Å²) in [6.07, 6.45) is -1.36. The first-order valence-electron chi connectivity index (χ1n) is 4.01. The molecule has 0 spiro atoms. The summed E-state index contributed by atoms with van der Waals surface area (Å²) >= 11 is 0. The Balaban J connectivity index is 4.11. The van der Waals surface area contributed by atoms with Gasteiger partial charge in [-0.05, 0) is 6.92 Å². The minimum Gasteiger partial charge on any atom is -0.498 e. The Hall–Kier alpha value is -1.11. The molecule has 0 amide bonds. The lowest BCUT2D eigenvalue weighted by Gasteiger charge is -2.08. The zero-order valence-corrected chi connectivity index (χ0v) is 7.75. The molecule has 2 unspecified atom stereocenters. The van der Waals surface area contributed by atoms with E-state index in [1.165, 1.54) is 6.92 Å². The van der Waals surface area contributed by atoms with Gasteiger partial charge in [-0.3, -0.25) is 0 Å². The van der Waals surface area contributed by atoms with Crippen LogP contribution in [0.2, 0.25) is 0 Å². The first kappa shape index (κ1) is 12.9. The normalized spacial score (nSPS) is 16.1. The van der Waals surface area contributed by atoms with Gasteiger partial charge in [0.2, 0.25) is 0 Å². The predicted octanol–water partition coefficient (Wildman–Crippen LogP) is -1.29. The average Bonchev–Trinajstić information content (AvgIpc) is 2.10. The van der Waals surface area contributed by atoms with Crippen LogP contribution in [0.1, 0.15) is 6.92 Å². The van der Waals surface area contributed by atoms with Gasteiger partial charge in [0.25, 0.3) is 0 Å². The second-order valence-corrected chi connectivity index (χ2v) is 2.72. The SMILES string of the molecule is CC(O)C(=COCC(O)CO)C(=O)O. The lowest BCUT2D eigenvalue weighted by molar-refractivity contribution is -0.133. The van der Waals surface area contributed by atoms with Crippen LogP contribution in [-0.2, 0) is 9.53 Å². The van der Waals surface area contributed by atoms with Crippen LogP contribution in [0.5, 0.6) is 0 Å². The molecule has 0 bridgehead atoms. The molecule has 4 N–H and O–H groups in total. The number of aliphatic hydroxyl groups excluding tert-OH is 3. The summed E-state index contributed by atoms with van der Waals surface area (Å²) < 4.78 is 4.66. The van der Waals surface area contributed by atoms with Crippen LogP contribution in [0.25, 0.3) is 0 Å². The van der Waals surface area contributed by atoms with Gasteiger partial charge in [-0.2, -0.15) is 0 Å². The van der Waals surface area contributed by atoms with Crippen molar-refractivity contribution in [3.05, 3.63) is 11.8 Å². The smallest absolute Gasteiger partial charge is 0.337 e. The molecular formula is C8H14O6. The third-order valence-corrected chi connectivity index (χ3v) is 1.41. The van der Waals surface area contributed by atoms with Crippen molar-refractivity contribution < 1.29 is 30.0 Å². The minimum absolute atomic E-state index is 0.222. The van der Waals surface area contributed by atoms with Crippen LogP contribution in [0.4, 0.5) is 0 Å². The Morgan fingerprint density at radius 3 is 2.43 bits per heavy atom. The van der Waals surface area contributed by atoms with Crippen molar-refractivity contribution in [3.8, 4) is 0 Å². The number of aliphatic carboxylic acids is 1. The van der Waals surface area contributed by atoms with Crippen molar-refractivity contribution >= 4 is 5.97 Å². The van der Waals surface area contributed by atoms with Gasteiger partial charge in [0.15, 0.2) is 0 Å². The van der Waals surface area contributed by atoms with Crippen molar-refractivity contribution in [2.45, 2.75) is 19.1 Å². The molecule has 82 valence electrons.